The smallest absolute Gasteiger partial charge is 0.337 e. The van der Waals surface area contributed by atoms with Gasteiger partial charge in [0.05, 0.1) is 16.7 Å². The summed E-state index contributed by atoms with van der Waals surface area (Å²) >= 11 is 5.84. The molecule has 0 heterocycles. The molecule has 0 aliphatic heterocycles. The number of rotatable bonds is 4. The molecule has 1 aliphatic carbocycles. The summed E-state index contributed by atoms with van der Waals surface area (Å²) in [4.78, 5) is 11.0. The highest BCUT2D eigenvalue weighted by atomic mass is 35.5. The summed E-state index contributed by atoms with van der Waals surface area (Å²) in [7, 11) is 0. The number of halogens is 1. The van der Waals surface area contributed by atoms with Gasteiger partial charge in [-0.05, 0) is 43.4 Å². The number of benzene rings is 1. The van der Waals surface area contributed by atoms with Crippen LogP contribution in [0, 0.1) is 5.92 Å². The minimum Gasteiger partial charge on any atom is -0.490 e. The molecule has 2 rings (SSSR count). The number of hydrogen-bond donors (Lipinski definition) is 1. The molecule has 1 fully saturated rings. The number of carbonyl (C=O) groups is 1. The van der Waals surface area contributed by atoms with Crippen molar-refractivity contribution in [2.24, 2.45) is 5.92 Å². The Kier molecular flexibility index (Phi) is 4.70. The molecule has 4 heteroatoms. The predicted molar refractivity (Wildman–Crippen MR) is 75.1 cm³/mol. The highest BCUT2D eigenvalue weighted by molar-refractivity contribution is 6.33. The summed E-state index contributed by atoms with van der Waals surface area (Å²) in [5.74, 6) is 0.305. The van der Waals surface area contributed by atoms with Crippen LogP contribution in [0.25, 0.3) is 0 Å². The number of aromatic carboxylic acids is 1. The molecule has 1 aromatic carbocycles. The normalized spacial score (nSPS) is 23.1. The minimum atomic E-state index is -1.02. The van der Waals surface area contributed by atoms with Gasteiger partial charge in [0, 0.05) is 0 Å². The Morgan fingerprint density at radius 2 is 2.26 bits per heavy atom. The number of carboxylic acid groups (broad SMARTS) is 1. The standard InChI is InChI=1S/C15H19ClO3/c1-2-10-4-3-5-11(8-10)19-12-6-7-14(16)13(9-12)15(17)18/h6-7,9-11H,2-5,8H2,1H3,(H,17,18). The van der Waals surface area contributed by atoms with Crippen molar-refractivity contribution in [3.63, 3.8) is 0 Å². The molecule has 2 unspecified atom stereocenters. The number of ether oxygens (including phenoxy) is 1. The molecule has 1 aromatic rings. The maximum atomic E-state index is 11.0. The molecular weight excluding hydrogens is 264 g/mol. The zero-order valence-electron chi connectivity index (χ0n) is 11.1. The van der Waals surface area contributed by atoms with E-state index in [1.807, 2.05) is 0 Å². The lowest BCUT2D eigenvalue weighted by atomic mass is 9.85. The van der Waals surface area contributed by atoms with Gasteiger partial charge < -0.3 is 9.84 Å². The molecular formula is C15H19ClO3. The topological polar surface area (TPSA) is 46.5 Å². The van der Waals surface area contributed by atoms with Crippen molar-refractivity contribution >= 4 is 17.6 Å². The van der Waals surface area contributed by atoms with Crippen molar-refractivity contribution in [3.8, 4) is 5.75 Å². The van der Waals surface area contributed by atoms with Crippen LogP contribution in [0.3, 0.4) is 0 Å². The first-order valence-electron chi connectivity index (χ1n) is 6.79. The number of hydrogen-bond acceptors (Lipinski definition) is 2. The van der Waals surface area contributed by atoms with Crippen molar-refractivity contribution < 1.29 is 14.6 Å². The molecule has 2 atom stereocenters. The van der Waals surface area contributed by atoms with Gasteiger partial charge in [-0.25, -0.2) is 4.79 Å². The molecule has 3 nitrogen and oxygen atoms in total. The molecule has 0 spiro atoms. The fourth-order valence-electron chi connectivity index (χ4n) is 2.65. The van der Waals surface area contributed by atoms with Crippen molar-refractivity contribution in [2.75, 3.05) is 0 Å². The molecule has 0 saturated heterocycles. The van der Waals surface area contributed by atoms with Crippen LogP contribution in [-0.4, -0.2) is 17.2 Å². The molecule has 0 radical (unpaired) electrons. The highest BCUT2D eigenvalue weighted by Gasteiger charge is 2.22. The van der Waals surface area contributed by atoms with E-state index < -0.39 is 5.97 Å². The van der Waals surface area contributed by atoms with Gasteiger partial charge in [0.2, 0.25) is 0 Å². The van der Waals surface area contributed by atoms with E-state index in [0.29, 0.717) is 5.75 Å². The van der Waals surface area contributed by atoms with Crippen LogP contribution in [0.4, 0.5) is 0 Å². The molecule has 0 aromatic heterocycles. The Balaban J connectivity index is 2.06. The molecule has 0 amide bonds. The second kappa shape index (κ2) is 6.29. The first-order chi connectivity index (χ1) is 9.10. The van der Waals surface area contributed by atoms with Gasteiger partial charge >= 0.3 is 5.97 Å². The summed E-state index contributed by atoms with van der Waals surface area (Å²) < 4.78 is 5.91. The first kappa shape index (κ1) is 14.2. The average molecular weight is 283 g/mol. The summed E-state index contributed by atoms with van der Waals surface area (Å²) in [6, 6.07) is 4.84. The largest absolute Gasteiger partial charge is 0.490 e. The molecule has 1 N–H and O–H groups in total. The lowest BCUT2D eigenvalue weighted by Gasteiger charge is -2.29. The van der Waals surface area contributed by atoms with E-state index in [2.05, 4.69) is 6.92 Å². The Bertz CT molecular complexity index is 459. The lowest BCUT2D eigenvalue weighted by molar-refractivity contribution is 0.0695. The Morgan fingerprint density at radius 1 is 1.47 bits per heavy atom. The zero-order valence-corrected chi connectivity index (χ0v) is 11.8. The summed E-state index contributed by atoms with van der Waals surface area (Å²) in [6.45, 7) is 2.21. The van der Waals surface area contributed by atoms with E-state index in [0.717, 1.165) is 18.8 Å². The van der Waals surface area contributed by atoms with E-state index in [-0.39, 0.29) is 16.7 Å². The van der Waals surface area contributed by atoms with E-state index in [1.54, 1.807) is 12.1 Å². The number of carboxylic acids is 1. The van der Waals surface area contributed by atoms with Gasteiger partial charge in [-0.2, -0.15) is 0 Å². The van der Waals surface area contributed by atoms with E-state index >= 15 is 0 Å². The summed E-state index contributed by atoms with van der Waals surface area (Å²) in [5.41, 5.74) is 0.0991. The summed E-state index contributed by atoms with van der Waals surface area (Å²) in [6.07, 6.45) is 5.94. The van der Waals surface area contributed by atoms with Crippen LogP contribution in [-0.2, 0) is 0 Å². The molecule has 19 heavy (non-hydrogen) atoms. The predicted octanol–water partition coefficient (Wildman–Crippen LogP) is 4.39. The van der Waals surface area contributed by atoms with Crippen LogP contribution < -0.4 is 4.74 Å². The van der Waals surface area contributed by atoms with Crippen molar-refractivity contribution in [1.82, 2.24) is 0 Å². The van der Waals surface area contributed by atoms with E-state index in [9.17, 15) is 4.79 Å². The van der Waals surface area contributed by atoms with Crippen LogP contribution in [0.15, 0.2) is 18.2 Å². The third-order valence-corrected chi connectivity index (χ3v) is 4.11. The van der Waals surface area contributed by atoms with Crippen molar-refractivity contribution in [1.29, 1.82) is 0 Å². The average Bonchev–Trinajstić information content (AvgIpc) is 2.41. The monoisotopic (exact) mass is 282 g/mol. The summed E-state index contributed by atoms with van der Waals surface area (Å²) in [5, 5.41) is 9.28. The van der Waals surface area contributed by atoms with Crippen LogP contribution >= 0.6 is 11.6 Å². The zero-order chi connectivity index (χ0) is 13.8. The Hall–Kier alpha value is -1.22. The van der Waals surface area contributed by atoms with Gasteiger partial charge in [-0.15, -0.1) is 0 Å². The molecule has 104 valence electrons. The van der Waals surface area contributed by atoms with E-state index in [4.69, 9.17) is 21.4 Å². The van der Waals surface area contributed by atoms with Gasteiger partial charge in [-0.1, -0.05) is 31.4 Å². The van der Waals surface area contributed by atoms with E-state index in [1.165, 1.54) is 25.3 Å². The fourth-order valence-corrected chi connectivity index (χ4v) is 2.85. The molecule has 0 bridgehead atoms. The second-order valence-electron chi connectivity index (χ2n) is 5.13. The maximum Gasteiger partial charge on any atom is 0.337 e. The van der Waals surface area contributed by atoms with Gasteiger partial charge in [0.25, 0.3) is 0 Å². The third kappa shape index (κ3) is 3.63. The Labute approximate surface area is 118 Å². The quantitative estimate of drug-likeness (QED) is 0.891. The maximum absolute atomic E-state index is 11.0. The third-order valence-electron chi connectivity index (χ3n) is 3.78. The minimum absolute atomic E-state index is 0.0991. The van der Waals surface area contributed by atoms with Crippen LogP contribution in [0.5, 0.6) is 5.75 Å². The molecule has 1 aliphatic rings. The Morgan fingerprint density at radius 3 is 2.95 bits per heavy atom. The van der Waals surface area contributed by atoms with Crippen LogP contribution in [0.2, 0.25) is 5.02 Å². The lowest BCUT2D eigenvalue weighted by Crippen LogP contribution is -2.25. The van der Waals surface area contributed by atoms with Crippen LogP contribution in [0.1, 0.15) is 49.4 Å². The first-order valence-corrected chi connectivity index (χ1v) is 7.17. The highest BCUT2D eigenvalue weighted by Crippen LogP contribution is 2.30. The van der Waals surface area contributed by atoms with Crippen molar-refractivity contribution in [3.05, 3.63) is 28.8 Å². The van der Waals surface area contributed by atoms with Crippen molar-refractivity contribution in [2.45, 2.75) is 45.1 Å². The molecule has 1 saturated carbocycles. The van der Waals surface area contributed by atoms with Gasteiger partial charge in [-0.3, -0.25) is 0 Å². The van der Waals surface area contributed by atoms with Gasteiger partial charge in [0.15, 0.2) is 0 Å². The fraction of sp³-hybridized carbons (Fsp3) is 0.533. The second-order valence-corrected chi connectivity index (χ2v) is 5.53. The SMILES string of the molecule is CCC1CCCC(Oc2ccc(Cl)c(C(=O)O)c2)C1. The van der Waals surface area contributed by atoms with Gasteiger partial charge in [0.1, 0.15) is 5.75 Å².